The zero-order valence-corrected chi connectivity index (χ0v) is 10.6. The van der Waals surface area contributed by atoms with Gasteiger partial charge in [0.15, 0.2) is 0 Å². The van der Waals surface area contributed by atoms with Gasteiger partial charge in [0.25, 0.3) is 0 Å². The van der Waals surface area contributed by atoms with Crippen LogP contribution in [0.25, 0.3) is 0 Å². The molecular weight excluding hydrogens is 204 g/mol. The van der Waals surface area contributed by atoms with Crippen LogP contribution in [0.4, 0.5) is 0 Å². The van der Waals surface area contributed by atoms with E-state index in [4.69, 9.17) is 0 Å². The Bertz CT molecular complexity index is 195. The summed E-state index contributed by atoms with van der Waals surface area (Å²) in [5, 5.41) is 9.96. The molecule has 0 radical (unpaired) electrons. The van der Waals surface area contributed by atoms with Gasteiger partial charge in [-0.3, -0.25) is 0 Å². The predicted molar refractivity (Wildman–Crippen MR) is 67.2 cm³/mol. The molecular formula is C13H24OS. The summed E-state index contributed by atoms with van der Waals surface area (Å²) in [6, 6.07) is 0. The second-order valence-corrected chi connectivity index (χ2v) is 6.45. The van der Waals surface area contributed by atoms with Crippen molar-refractivity contribution in [3.63, 3.8) is 0 Å². The molecule has 0 aromatic heterocycles. The summed E-state index contributed by atoms with van der Waals surface area (Å²) in [6.07, 6.45) is 11.3. The van der Waals surface area contributed by atoms with Crippen molar-refractivity contribution < 1.29 is 5.11 Å². The fraction of sp³-hybridized carbons (Fsp3) is 1.00. The average Bonchev–Trinajstić information content (AvgIpc) is 2.79. The molecule has 0 saturated heterocycles. The van der Waals surface area contributed by atoms with Crippen molar-refractivity contribution in [2.45, 2.75) is 51.0 Å². The van der Waals surface area contributed by atoms with Crippen LogP contribution in [0.3, 0.4) is 0 Å². The third kappa shape index (κ3) is 3.13. The van der Waals surface area contributed by atoms with E-state index < -0.39 is 0 Å². The molecule has 4 unspecified atom stereocenters. The molecule has 2 rings (SSSR count). The number of aliphatic hydroxyl groups excluding tert-OH is 1. The molecule has 0 heterocycles. The molecule has 4 atom stereocenters. The molecule has 2 heteroatoms. The van der Waals surface area contributed by atoms with Crippen molar-refractivity contribution in [2.24, 2.45) is 17.8 Å². The Morgan fingerprint density at radius 3 is 2.80 bits per heavy atom. The summed E-state index contributed by atoms with van der Waals surface area (Å²) in [4.78, 5) is 0. The summed E-state index contributed by atoms with van der Waals surface area (Å²) in [5.74, 6) is 4.07. The minimum absolute atomic E-state index is 0.0125. The standard InChI is InChI=1S/C13H24OS/c1-15-6-2-3-13(14)9-12-8-10-4-5-11(12)7-10/h10-14H,2-9H2,1H3. The van der Waals surface area contributed by atoms with Crippen molar-refractivity contribution in [1.29, 1.82) is 0 Å². The highest BCUT2D eigenvalue weighted by Crippen LogP contribution is 2.50. The fourth-order valence-electron chi connectivity index (χ4n) is 3.60. The van der Waals surface area contributed by atoms with Crippen LogP contribution in [0.1, 0.15) is 44.9 Å². The molecule has 1 nitrogen and oxygen atoms in total. The number of hydrogen-bond donors (Lipinski definition) is 1. The van der Waals surface area contributed by atoms with Crippen molar-refractivity contribution in [3.05, 3.63) is 0 Å². The van der Waals surface area contributed by atoms with Crippen LogP contribution in [0.5, 0.6) is 0 Å². The molecule has 0 spiro atoms. The quantitative estimate of drug-likeness (QED) is 0.704. The number of thioether (sulfide) groups is 1. The van der Waals surface area contributed by atoms with E-state index in [9.17, 15) is 5.11 Å². The highest BCUT2D eigenvalue weighted by Gasteiger charge is 2.39. The van der Waals surface area contributed by atoms with Crippen molar-refractivity contribution >= 4 is 11.8 Å². The monoisotopic (exact) mass is 228 g/mol. The van der Waals surface area contributed by atoms with Gasteiger partial charge in [0.05, 0.1) is 6.10 Å². The van der Waals surface area contributed by atoms with Crippen molar-refractivity contribution in [2.75, 3.05) is 12.0 Å². The zero-order chi connectivity index (χ0) is 10.7. The van der Waals surface area contributed by atoms with E-state index in [0.29, 0.717) is 0 Å². The van der Waals surface area contributed by atoms with Gasteiger partial charge in [0.1, 0.15) is 0 Å². The molecule has 2 aliphatic rings. The lowest BCUT2D eigenvalue weighted by atomic mass is 9.84. The predicted octanol–water partition coefficient (Wildman–Crippen LogP) is 3.32. The van der Waals surface area contributed by atoms with Crippen LogP contribution in [0.15, 0.2) is 0 Å². The van der Waals surface area contributed by atoms with Gasteiger partial charge in [-0.2, -0.15) is 11.8 Å². The lowest BCUT2D eigenvalue weighted by molar-refractivity contribution is 0.116. The molecule has 2 saturated carbocycles. The number of hydrogen-bond acceptors (Lipinski definition) is 2. The number of aliphatic hydroxyl groups is 1. The first kappa shape index (κ1) is 11.8. The highest BCUT2D eigenvalue weighted by molar-refractivity contribution is 7.98. The van der Waals surface area contributed by atoms with E-state index in [-0.39, 0.29) is 6.10 Å². The van der Waals surface area contributed by atoms with Gasteiger partial charge in [-0.25, -0.2) is 0 Å². The van der Waals surface area contributed by atoms with Crippen LogP contribution in [0.2, 0.25) is 0 Å². The van der Waals surface area contributed by atoms with Gasteiger partial charge in [-0.1, -0.05) is 6.42 Å². The molecule has 0 aromatic rings. The van der Waals surface area contributed by atoms with Gasteiger partial charge < -0.3 is 5.11 Å². The van der Waals surface area contributed by atoms with E-state index in [2.05, 4.69) is 6.26 Å². The Labute approximate surface area is 98.0 Å². The highest BCUT2D eigenvalue weighted by atomic mass is 32.2. The van der Waals surface area contributed by atoms with Gasteiger partial charge >= 0.3 is 0 Å². The lowest BCUT2D eigenvalue weighted by Crippen LogP contribution is -2.18. The van der Waals surface area contributed by atoms with E-state index in [1.165, 1.54) is 37.9 Å². The maximum atomic E-state index is 9.96. The second-order valence-electron chi connectivity index (χ2n) is 5.46. The molecule has 15 heavy (non-hydrogen) atoms. The molecule has 0 amide bonds. The fourth-order valence-corrected chi connectivity index (χ4v) is 4.05. The molecule has 2 bridgehead atoms. The largest absolute Gasteiger partial charge is 0.393 e. The molecule has 1 N–H and O–H groups in total. The van der Waals surface area contributed by atoms with Gasteiger partial charge in [-0.15, -0.1) is 0 Å². The lowest BCUT2D eigenvalue weighted by Gasteiger charge is -2.24. The molecule has 2 aliphatic carbocycles. The first-order chi connectivity index (χ1) is 7.29. The molecule has 0 aromatic carbocycles. The number of rotatable bonds is 6. The van der Waals surface area contributed by atoms with Crippen LogP contribution in [0, 0.1) is 17.8 Å². The van der Waals surface area contributed by atoms with Crippen LogP contribution >= 0.6 is 11.8 Å². The van der Waals surface area contributed by atoms with Crippen LogP contribution in [-0.2, 0) is 0 Å². The topological polar surface area (TPSA) is 20.2 Å². The Morgan fingerprint density at radius 2 is 2.20 bits per heavy atom. The van der Waals surface area contributed by atoms with Crippen LogP contribution in [-0.4, -0.2) is 23.2 Å². The minimum Gasteiger partial charge on any atom is -0.393 e. The first-order valence-electron chi connectivity index (χ1n) is 6.46. The summed E-state index contributed by atoms with van der Waals surface area (Å²) < 4.78 is 0. The number of fused-ring (bicyclic) bond motifs is 2. The Morgan fingerprint density at radius 1 is 1.33 bits per heavy atom. The van der Waals surface area contributed by atoms with Gasteiger partial charge in [-0.05, 0) is 68.3 Å². The Hall–Kier alpha value is 0.310. The van der Waals surface area contributed by atoms with Gasteiger partial charge in [0.2, 0.25) is 0 Å². The molecule has 88 valence electrons. The summed E-state index contributed by atoms with van der Waals surface area (Å²) in [6.45, 7) is 0. The average molecular weight is 228 g/mol. The smallest absolute Gasteiger partial charge is 0.0543 e. The van der Waals surface area contributed by atoms with E-state index >= 15 is 0 Å². The summed E-state index contributed by atoms with van der Waals surface area (Å²) >= 11 is 1.89. The summed E-state index contributed by atoms with van der Waals surface area (Å²) in [5.41, 5.74) is 0. The Balaban J connectivity index is 1.64. The molecule has 0 aliphatic heterocycles. The maximum absolute atomic E-state index is 9.96. The summed E-state index contributed by atoms with van der Waals surface area (Å²) in [7, 11) is 0. The van der Waals surface area contributed by atoms with E-state index in [1.54, 1.807) is 0 Å². The van der Waals surface area contributed by atoms with Crippen molar-refractivity contribution in [1.82, 2.24) is 0 Å². The van der Waals surface area contributed by atoms with Gasteiger partial charge in [0, 0.05) is 0 Å². The second kappa shape index (κ2) is 5.58. The molecule has 2 fully saturated rings. The SMILES string of the molecule is CSCCCC(O)CC1CC2CCC1C2. The minimum atomic E-state index is -0.0125. The third-order valence-electron chi connectivity index (χ3n) is 4.35. The third-order valence-corrected chi connectivity index (χ3v) is 5.04. The van der Waals surface area contributed by atoms with E-state index in [1.807, 2.05) is 11.8 Å². The van der Waals surface area contributed by atoms with Crippen molar-refractivity contribution in [3.8, 4) is 0 Å². The first-order valence-corrected chi connectivity index (χ1v) is 7.86. The normalized spacial score (nSPS) is 36.0. The zero-order valence-electron chi connectivity index (χ0n) is 9.82. The van der Waals surface area contributed by atoms with Crippen LogP contribution < -0.4 is 0 Å². The Kier molecular flexibility index (Phi) is 4.39. The maximum Gasteiger partial charge on any atom is 0.0543 e. The van der Waals surface area contributed by atoms with E-state index in [0.717, 1.165) is 30.6 Å².